The van der Waals surface area contributed by atoms with Crippen molar-refractivity contribution >= 4 is 8.07 Å². The molecule has 0 aliphatic heterocycles. The van der Waals surface area contributed by atoms with Crippen LogP contribution < -0.4 is 0 Å². The molecule has 0 aliphatic carbocycles. The van der Waals surface area contributed by atoms with Gasteiger partial charge in [-0.3, -0.25) is 0 Å². The van der Waals surface area contributed by atoms with Crippen LogP contribution in [-0.4, -0.2) is 8.07 Å². The summed E-state index contributed by atoms with van der Waals surface area (Å²) < 4.78 is 0. The lowest BCUT2D eigenvalue weighted by atomic mass is 10.1. The van der Waals surface area contributed by atoms with Gasteiger partial charge in [0.15, 0.2) is 0 Å². The van der Waals surface area contributed by atoms with E-state index in [0.29, 0.717) is 0 Å². The van der Waals surface area contributed by atoms with Gasteiger partial charge in [0.25, 0.3) is 0 Å². The molecule has 1 unspecified atom stereocenters. The monoisotopic (exact) mass is 436 g/mol. The van der Waals surface area contributed by atoms with Gasteiger partial charge in [-0.15, -0.1) is 0 Å². The molecule has 0 aromatic heterocycles. The Labute approximate surface area is 194 Å². The Bertz CT molecular complexity index is 348. The topological polar surface area (TPSA) is 0 Å². The molecule has 0 saturated heterocycles. The van der Waals surface area contributed by atoms with Crippen molar-refractivity contribution in [1.29, 1.82) is 0 Å². The first-order chi connectivity index (χ1) is 14.7. The second-order valence-electron chi connectivity index (χ2n) is 10.4. The van der Waals surface area contributed by atoms with Crippen LogP contribution in [0.5, 0.6) is 0 Å². The van der Waals surface area contributed by atoms with Crippen LogP contribution in [0.3, 0.4) is 0 Å². The van der Waals surface area contributed by atoms with E-state index >= 15 is 0 Å². The normalized spacial score (nSPS) is 13.9. The van der Waals surface area contributed by atoms with Crippen molar-refractivity contribution < 1.29 is 0 Å². The van der Waals surface area contributed by atoms with Crippen molar-refractivity contribution in [3.8, 4) is 0 Å². The molecule has 0 saturated carbocycles. The van der Waals surface area contributed by atoms with E-state index in [1.807, 2.05) is 0 Å². The van der Waals surface area contributed by atoms with Crippen LogP contribution in [0.25, 0.3) is 0 Å². The summed E-state index contributed by atoms with van der Waals surface area (Å²) in [5.41, 5.74) is 2.77. The quantitative estimate of drug-likeness (QED) is 0.104. The zero-order valence-electron chi connectivity index (χ0n) is 21.9. The fourth-order valence-corrected chi connectivity index (χ4v) is 8.11. The lowest BCUT2D eigenvalue weighted by molar-refractivity contribution is 0.577. The Hall–Kier alpha value is -0.0431. The fourth-order valence-electron chi connectivity index (χ4n) is 4.67. The van der Waals surface area contributed by atoms with Crippen LogP contribution in [-0.2, 0) is 0 Å². The van der Waals surface area contributed by atoms with E-state index in [1.54, 1.807) is 6.04 Å². The van der Waals surface area contributed by atoms with Crippen molar-refractivity contribution in [3.63, 3.8) is 0 Å². The van der Waals surface area contributed by atoms with Gasteiger partial charge in [-0.05, 0) is 12.8 Å². The number of allylic oxidation sites excluding steroid dienone is 1. The first-order valence-electron chi connectivity index (χ1n) is 14.4. The van der Waals surface area contributed by atoms with Crippen molar-refractivity contribution in [2.75, 3.05) is 0 Å². The Morgan fingerprint density at radius 3 is 1.20 bits per heavy atom. The van der Waals surface area contributed by atoms with Crippen molar-refractivity contribution in [3.05, 3.63) is 11.8 Å². The summed E-state index contributed by atoms with van der Waals surface area (Å²) >= 11 is 0. The van der Waals surface area contributed by atoms with Gasteiger partial charge >= 0.3 is 0 Å². The smallest absolute Gasteiger partial charge is 0.0743 e. The summed E-state index contributed by atoms with van der Waals surface area (Å²) in [5, 5.41) is 0. The lowest BCUT2D eigenvalue weighted by Crippen LogP contribution is -2.27. The van der Waals surface area contributed by atoms with Gasteiger partial charge in [-0.1, -0.05) is 173 Å². The van der Waals surface area contributed by atoms with Gasteiger partial charge < -0.3 is 0 Å². The van der Waals surface area contributed by atoms with Gasteiger partial charge in [0.05, 0.1) is 8.07 Å². The number of hydrogen-bond acceptors (Lipinski definition) is 0. The maximum Gasteiger partial charge on any atom is 0.0743 e. The Morgan fingerprint density at radius 1 is 0.433 bits per heavy atom. The molecule has 0 aliphatic rings. The highest BCUT2D eigenvalue weighted by Gasteiger charge is 2.22. The van der Waals surface area contributed by atoms with Crippen LogP contribution in [0.1, 0.15) is 156 Å². The molecule has 30 heavy (non-hydrogen) atoms. The van der Waals surface area contributed by atoms with Gasteiger partial charge in [-0.2, -0.15) is 0 Å². The van der Waals surface area contributed by atoms with E-state index in [2.05, 4.69) is 39.1 Å². The predicted molar refractivity (Wildman–Crippen MR) is 144 cm³/mol. The highest BCUT2D eigenvalue weighted by atomic mass is 28.3. The summed E-state index contributed by atoms with van der Waals surface area (Å²) in [6.07, 6.45) is 32.9. The third-order valence-electron chi connectivity index (χ3n) is 6.95. The van der Waals surface area contributed by atoms with Crippen molar-refractivity contribution in [1.82, 2.24) is 0 Å². The predicted octanol–water partition coefficient (Wildman–Crippen LogP) is 11.4. The van der Waals surface area contributed by atoms with Gasteiger partial charge in [0.1, 0.15) is 0 Å². The van der Waals surface area contributed by atoms with Crippen LogP contribution >= 0.6 is 0 Å². The number of rotatable bonds is 24. The third kappa shape index (κ3) is 21.2. The summed E-state index contributed by atoms with van der Waals surface area (Å²) in [6, 6.07) is 3.08. The van der Waals surface area contributed by atoms with Crippen LogP contribution in [0.2, 0.25) is 18.6 Å². The van der Waals surface area contributed by atoms with Gasteiger partial charge in [-0.25, -0.2) is 0 Å². The number of unbranched alkanes of at least 4 members (excludes halogenated alkanes) is 18. The van der Waals surface area contributed by atoms with E-state index in [4.69, 9.17) is 0 Å². The van der Waals surface area contributed by atoms with E-state index in [1.165, 1.54) is 141 Å². The zero-order valence-corrected chi connectivity index (χ0v) is 22.9. The molecule has 0 nitrogen and oxygen atoms in total. The Morgan fingerprint density at radius 2 is 0.767 bits per heavy atom. The fraction of sp³-hybridized carbons (Fsp3) is 0.931. The van der Waals surface area contributed by atoms with Crippen LogP contribution in [0.15, 0.2) is 11.8 Å². The van der Waals surface area contributed by atoms with E-state index in [0.717, 1.165) is 0 Å². The highest BCUT2D eigenvalue weighted by molar-refractivity contribution is 6.83. The summed E-state index contributed by atoms with van der Waals surface area (Å²) in [6.45, 7) is 9.64. The van der Waals surface area contributed by atoms with Gasteiger partial charge in [0, 0.05) is 0 Å². The van der Waals surface area contributed by atoms with Crippen molar-refractivity contribution in [2.24, 2.45) is 0 Å². The van der Waals surface area contributed by atoms with Crippen LogP contribution in [0, 0.1) is 0 Å². The molecular weight excluding hydrogens is 376 g/mol. The Balaban J connectivity index is 4.03. The zero-order chi connectivity index (χ0) is 22.2. The largest absolute Gasteiger partial charge is 0.0984 e. The molecule has 0 spiro atoms. The van der Waals surface area contributed by atoms with Crippen molar-refractivity contribution in [2.45, 2.75) is 174 Å². The average molecular weight is 437 g/mol. The molecule has 0 N–H and O–H groups in total. The molecule has 180 valence electrons. The molecule has 0 amide bonds. The molecule has 1 heteroatoms. The molecule has 0 aromatic carbocycles. The summed E-state index contributed by atoms with van der Waals surface area (Å²) in [5.74, 6) is 0. The van der Waals surface area contributed by atoms with Gasteiger partial charge in [0.2, 0.25) is 0 Å². The first kappa shape index (κ1) is 30.0. The highest BCUT2D eigenvalue weighted by Crippen LogP contribution is 2.25. The molecule has 0 heterocycles. The second kappa shape index (κ2) is 23.6. The minimum atomic E-state index is -1.15. The summed E-state index contributed by atoms with van der Waals surface area (Å²) in [4.78, 5) is 0. The lowest BCUT2D eigenvalue weighted by Gasteiger charge is -2.24. The molecule has 0 radical (unpaired) electrons. The molecule has 1 atom stereocenters. The van der Waals surface area contributed by atoms with E-state index < -0.39 is 8.07 Å². The molecule has 0 rings (SSSR count). The van der Waals surface area contributed by atoms with E-state index in [-0.39, 0.29) is 0 Å². The third-order valence-corrected chi connectivity index (χ3v) is 11.0. The van der Waals surface area contributed by atoms with E-state index in [9.17, 15) is 0 Å². The van der Waals surface area contributed by atoms with Crippen LogP contribution in [0.4, 0.5) is 0 Å². The minimum absolute atomic E-state index is 1.15. The molecule has 0 aromatic rings. The second-order valence-corrected chi connectivity index (χ2v) is 15.0. The molecule has 0 fully saturated rings. The standard InChI is InChI=1S/C29H60Si/c1-5-8-11-14-16-18-19-21-23-26-29-30(4,27-24-13-10-7-3)28-25-22-20-17-15-12-9-6-2/h26,29H,5-25,27-28H2,1-4H3/b29-26+. The Kier molecular flexibility index (Phi) is 23.6. The molecule has 0 bridgehead atoms. The molecular formula is C29H60Si. The first-order valence-corrected chi connectivity index (χ1v) is 17.4. The number of hydrogen-bond donors (Lipinski definition) is 0. The maximum atomic E-state index is 2.77. The minimum Gasteiger partial charge on any atom is -0.0984 e. The summed E-state index contributed by atoms with van der Waals surface area (Å²) in [7, 11) is -1.15. The average Bonchev–Trinajstić information content (AvgIpc) is 2.75. The SMILES string of the molecule is CCCCCCCCCC/C=C/[Si](C)(CCCCCC)CCCCCCCCCC. The maximum absolute atomic E-state index is 2.77.